The van der Waals surface area contributed by atoms with Gasteiger partial charge in [0.15, 0.2) is 5.65 Å². The van der Waals surface area contributed by atoms with E-state index in [9.17, 15) is 9.18 Å². The van der Waals surface area contributed by atoms with Crippen LogP contribution in [0.25, 0.3) is 22.4 Å². The lowest BCUT2D eigenvalue weighted by Crippen LogP contribution is -2.23. The van der Waals surface area contributed by atoms with E-state index in [4.69, 9.17) is 11.6 Å². The third-order valence-corrected chi connectivity index (χ3v) is 3.54. The molecule has 0 saturated heterocycles. The van der Waals surface area contributed by atoms with Crippen LogP contribution in [0.2, 0.25) is 5.02 Å². The monoisotopic (exact) mass is 332 g/mol. The van der Waals surface area contributed by atoms with Crippen LogP contribution in [0.5, 0.6) is 0 Å². The minimum absolute atomic E-state index is 0.221. The quantitative estimate of drug-likeness (QED) is 0.767. The first kappa shape index (κ1) is 15.4. The van der Waals surface area contributed by atoms with Crippen molar-refractivity contribution in [2.45, 2.75) is 13.3 Å². The summed E-state index contributed by atoms with van der Waals surface area (Å²) in [5, 5.41) is 3.07. The van der Waals surface area contributed by atoms with Crippen LogP contribution in [0.15, 0.2) is 30.6 Å². The second-order valence-corrected chi connectivity index (χ2v) is 5.51. The van der Waals surface area contributed by atoms with Crippen molar-refractivity contribution in [3.8, 4) is 11.3 Å². The smallest absolute Gasteiger partial charge is 0.255 e. The van der Waals surface area contributed by atoms with Crippen LogP contribution in [0.3, 0.4) is 0 Å². The highest BCUT2D eigenvalue weighted by Crippen LogP contribution is 2.24. The lowest BCUT2D eigenvalue weighted by Gasteiger charge is -2.04. The summed E-state index contributed by atoms with van der Waals surface area (Å²) in [5.41, 5.74) is 2.30. The lowest BCUT2D eigenvalue weighted by atomic mass is 10.1. The van der Waals surface area contributed by atoms with Gasteiger partial charge in [0.25, 0.3) is 5.91 Å². The molecule has 3 rings (SSSR count). The summed E-state index contributed by atoms with van der Waals surface area (Å²) in [5.74, 6) is -0.675. The molecule has 0 atom stereocenters. The Kier molecular flexibility index (Phi) is 4.25. The molecule has 3 aromatic rings. The number of nitrogens with zero attached hydrogens (tertiary/aromatic N) is 2. The Balaban J connectivity index is 2.05. The predicted molar refractivity (Wildman–Crippen MR) is 86.9 cm³/mol. The number of aromatic nitrogens is 3. The highest BCUT2D eigenvalue weighted by Gasteiger charge is 2.15. The molecule has 118 valence electrons. The molecule has 7 heteroatoms. The number of carbonyl (C=O) groups excluding carboxylic acids is 1. The average Bonchev–Trinajstić information content (AvgIpc) is 2.94. The van der Waals surface area contributed by atoms with E-state index in [-0.39, 0.29) is 10.9 Å². The number of carbonyl (C=O) groups is 1. The Morgan fingerprint density at radius 3 is 2.96 bits per heavy atom. The fourth-order valence-electron chi connectivity index (χ4n) is 2.24. The Hall–Kier alpha value is -2.47. The van der Waals surface area contributed by atoms with Crippen molar-refractivity contribution in [1.29, 1.82) is 0 Å². The number of hydrogen-bond acceptors (Lipinski definition) is 3. The Morgan fingerprint density at radius 1 is 1.39 bits per heavy atom. The summed E-state index contributed by atoms with van der Waals surface area (Å²) in [6.07, 6.45) is 3.92. The maximum atomic E-state index is 13.5. The maximum absolute atomic E-state index is 13.5. The van der Waals surface area contributed by atoms with Crippen LogP contribution in [0.1, 0.15) is 23.7 Å². The van der Waals surface area contributed by atoms with Crippen molar-refractivity contribution in [2.75, 3.05) is 6.54 Å². The van der Waals surface area contributed by atoms with Gasteiger partial charge in [0.1, 0.15) is 11.3 Å². The van der Waals surface area contributed by atoms with Crippen LogP contribution >= 0.6 is 11.6 Å². The van der Waals surface area contributed by atoms with Gasteiger partial charge in [-0.1, -0.05) is 18.5 Å². The van der Waals surface area contributed by atoms with Crippen molar-refractivity contribution in [3.05, 3.63) is 47.0 Å². The van der Waals surface area contributed by atoms with E-state index in [2.05, 4.69) is 20.3 Å². The van der Waals surface area contributed by atoms with E-state index in [1.807, 2.05) is 6.92 Å². The molecule has 0 fully saturated rings. The zero-order chi connectivity index (χ0) is 16.4. The summed E-state index contributed by atoms with van der Waals surface area (Å²) in [4.78, 5) is 23.7. The molecule has 23 heavy (non-hydrogen) atoms. The standard InChI is InChI=1S/C16H14ClFN4O/c1-2-3-19-16(23)12-7-20-15-14(12)22-13(8-21-15)9-4-10(17)6-11(18)5-9/h4-8H,2-3H2,1H3,(H,19,23)(H,20,21). The average molecular weight is 333 g/mol. The fraction of sp³-hybridized carbons (Fsp3) is 0.188. The first-order valence-electron chi connectivity index (χ1n) is 7.17. The van der Waals surface area contributed by atoms with Gasteiger partial charge in [0.05, 0.1) is 17.5 Å². The lowest BCUT2D eigenvalue weighted by molar-refractivity contribution is 0.0955. The van der Waals surface area contributed by atoms with Crippen LogP contribution in [0.4, 0.5) is 4.39 Å². The van der Waals surface area contributed by atoms with Gasteiger partial charge in [-0.15, -0.1) is 0 Å². The predicted octanol–water partition coefficient (Wildman–Crippen LogP) is 3.56. The van der Waals surface area contributed by atoms with Crippen LogP contribution in [-0.2, 0) is 0 Å². The minimum atomic E-state index is -0.454. The zero-order valence-electron chi connectivity index (χ0n) is 12.4. The number of benzene rings is 1. The topological polar surface area (TPSA) is 70.7 Å². The minimum Gasteiger partial charge on any atom is -0.352 e. The normalized spacial score (nSPS) is 10.9. The third-order valence-electron chi connectivity index (χ3n) is 3.32. The van der Waals surface area contributed by atoms with Gasteiger partial charge in [-0.2, -0.15) is 0 Å². The first-order chi connectivity index (χ1) is 11.1. The molecule has 5 nitrogen and oxygen atoms in total. The van der Waals surface area contributed by atoms with Gasteiger partial charge in [-0.25, -0.2) is 14.4 Å². The molecule has 0 bridgehead atoms. The van der Waals surface area contributed by atoms with Gasteiger partial charge in [-0.3, -0.25) is 4.79 Å². The molecule has 2 heterocycles. The molecule has 2 aromatic heterocycles. The summed E-state index contributed by atoms with van der Waals surface area (Å²) in [6.45, 7) is 2.55. The van der Waals surface area contributed by atoms with E-state index in [0.717, 1.165) is 6.42 Å². The molecular formula is C16H14ClFN4O. The number of H-pyrrole nitrogens is 1. The fourth-order valence-corrected chi connectivity index (χ4v) is 2.46. The van der Waals surface area contributed by atoms with E-state index in [1.54, 1.807) is 12.3 Å². The maximum Gasteiger partial charge on any atom is 0.255 e. The number of amides is 1. The molecule has 0 aliphatic rings. The number of rotatable bonds is 4. The number of halogens is 2. The number of fused-ring (bicyclic) bond motifs is 1. The van der Waals surface area contributed by atoms with E-state index >= 15 is 0 Å². The summed E-state index contributed by atoms with van der Waals surface area (Å²) < 4.78 is 13.5. The largest absolute Gasteiger partial charge is 0.352 e. The molecule has 0 aliphatic heterocycles. The highest BCUT2D eigenvalue weighted by molar-refractivity contribution is 6.30. The number of nitrogens with one attached hydrogen (secondary N) is 2. The van der Waals surface area contributed by atoms with Crippen molar-refractivity contribution in [3.63, 3.8) is 0 Å². The van der Waals surface area contributed by atoms with Crippen molar-refractivity contribution in [2.24, 2.45) is 0 Å². The second-order valence-electron chi connectivity index (χ2n) is 5.07. The summed E-state index contributed by atoms with van der Waals surface area (Å²) in [6, 6.07) is 4.14. The van der Waals surface area contributed by atoms with Gasteiger partial charge >= 0.3 is 0 Å². The van der Waals surface area contributed by atoms with Crippen molar-refractivity contribution >= 4 is 28.7 Å². The van der Waals surface area contributed by atoms with Crippen LogP contribution in [0, 0.1) is 5.82 Å². The summed E-state index contributed by atoms with van der Waals surface area (Å²) >= 11 is 5.88. The SMILES string of the molecule is CCCNC(=O)c1c[nH]c2ncc(-c3cc(F)cc(Cl)c3)nc12. The third kappa shape index (κ3) is 3.17. The Labute approximate surface area is 136 Å². The van der Waals surface area contributed by atoms with Gasteiger partial charge in [-0.05, 0) is 24.6 Å². The van der Waals surface area contributed by atoms with E-state index in [0.29, 0.717) is 34.5 Å². The molecule has 0 aliphatic carbocycles. The van der Waals surface area contributed by atoms with Crippen LogP contribution in [-0.4, -0.2) is 27.4 Å². The number of aromatic amines is 1. The second kappa shape index (κ2) is 6.34. The van der Waals surface area contributed by atoms with E-state index in [1.165, 1.54) is 18.3 Å². The first-order valence-corrected chi connectivity index (χ1v) is 7.55. The van der Waals surface area contributed by atoms with Gasteiger partial charge < -0.3 is 10.3 Å². The molecular weight excluding hydrogens is 319 g/mol. The summed E-state index contributed by atoms with van der Waals surface area (Å²) in [7, 11) is 0. The highest BCUT2D eigenvalue weighted by atomic mass is 35.5. The molecule has 1 amide bonds. The molecule has 0 radical (unpaired) electrons. The Bertz CT molecular complexity index is 857. The van der Waals surface area contributed by atoms with Gasteiger partial charge in [0, 0.05) is 23.3 Å². The zero-order valence-corrected chi connectivity index (χ0v) is 13.1. The van der Waals surface area contributed by atoms with Crippen molar-refractivity contribution in [1.82, 2.24) is 20.3 Å². The molecule has 0 unspecified atom stereocenters. The van der Waals surface area contributed by atoms with Crippen LogP contribution < -0.4 is 5.32 Å². The molecule has 0 saturated carbocycles. The van der Waals surface area contributed by atoms with E-state index < -0.39 is 5.82 Å². The number of hydrogen-bond donors (Lipinski definition) is 2. The molecule has 0 spiro atoms. The van der Waals surface area contributed by atoms with Crippen molar-refractivity contribution < 1.29 is 9.18 Å². The molecule has 2 N–H and O–H groups in total. The molecule has 1 aromatic carbocycles. The Morgan fingerprint density at radius 2 is 2.22 bits per heavy atom. The van der Waals surface area contributed by atoms with Gasteiger partial charge in [0.2, 0.25) is 0 Å².